The monoisotopic (exact) mass is 537 g/mol. The van der Waals surface area contributed by atoms with E-state index in [0.717, 1.165) is 10.6 Å². The van der Waals surface area contributed by atoms with Crippen molar-refractivity contribution >= 4 is 34.7 Å². The number of aromatic nitrogens is 2. The van der Waals surface area contributed by atoms with E-state index in [4.69, 9.17) is 14.2 Å². The van der Waals surface area contributed by atoms with E-state index in [0.29, 0.717) is 12.1 Å². The Morgan fingerprint density at radius 1 is 0.974 bits per heavy atom. The van der Waals surface area contributed by atoms with E-state index < -0.39 is 35.2 Å². The molecule has 0 aliphatic carbocycles. The molecular formula is C27H21F2N3O7. The zero-order chi connectivity index (χ0) is 28.1. The average molecular weight is 537 g/mol. The summed E-state index contributed by atoms with van der Waals surface area (Å²) in [7, 11) is 0. The molecule has 0 aliphatic heterocycles. The number of pyridine rings is 2. The van der Waals surface area contributed by atoms with Gasteiger partial charge in [0, 0.05) is 41.5 Å². The van der Waals surface area contributed by atoms with Crippen molar-refractivity contribution in [3.8, 4) is 17.0 Å². The first-order chi connectivity index (χ1) is 18.7. The standard InChI is InChI=1S/C27H21F2N3O7/c1-3-37-26(35)31-21-10-16(39-25(34)15-6-5-9-30-14-15)7-8-17(21)23-13-24(33)18-11-19(28)20(29)12-22(18)32(23)27(36)38-4-2/h5-14H,3-4H2,1-2H3,(H,31,35). The summed E-state index contributed by atoms with van der Waals surface area (Å²) in [6, 6.07) is 9.45. The molecule has 0 spiro atoms. The Bertz CT molecular complexity index is 1640. The van der Waals surface area contributed by atoms with Crippen LogP contribution < -0.4 is 15.5 Å². The van der Waals surface area contributed by atoms with Gasteiger partial charge in [-0.3, -0.25) is 15.1 Å². The molecule has 0 atom stereocenters. The summed E-state index contributed by atoms with van der Waals surface area (Å²) in [5, 5.41) is 2.21. The lowest BCUT2D eigenvalue weighted by atomic mass is 10.1. The lowest BCUT2D eigenvalue weighted by molar-refractivity contribution is 0.0734. The van der Waals surface area contributed by atoms with Crippen LogP contribution in [0.25, 0.3) is 22.2 Å². The van der Waals surface area contributed by atoms with Gasteiger partial charge in [0.2, 0.25) is 0 Å². The Labute approximate surface area is 219 Å². The number of halogens is 2. The highest BCUT2D eigenvalue weighted by Gasteiger charge is 2.23. The third-order valence-electron chi connectivity index (χ3n) is 5.39. The second-order valence-electron chi connectivity index (χ2n) is 7.90. The van der Waals surface area contributed by atoms with Crippen LogP contribution in [0.4, 0.5) is 24.1 Å². The van der Waals surface area contributed by atoms with Gasteiger partial charge in [-0.05, 0) is 44.2 Å². The molecule has 0 aliphatic rings. The number of benzene rings is 2. The lowest BCUT2D eigenvalue weighted by Crippen LogP contribution is -2.21. The molecule has 0 radical (unpaired) electrons. The fourth-order valence-electron chi connectivity index (χ4n) is 3.74. The second kappa shape index (κ2) is 11.5. The predicted molar refractivity (Wildman–Crippen MR) is 136 cm³/mol. The molecule has 0 bridgehead atoms. The van der Waals surface area contributed by atoms with Crippen LogP contribution in [-0.4, -0.2) is 40.9 Å². The first-order valence-corrected chi connectivity index (χ1v) is 11.7. The quantitative estimate of drug-likeness (QED) is 0.265. The Balaban J connectivity index is 1.92. The SMILES string of the molecule is CCOC(=O)Nc1cc(OC(=O)c2cccnc2)ccc1-c1cc(=O)c2cc(F)c(F)cc2n1C(=O)OCC. The van der Waals surface area contributed by atoms with Crippen molar-refractivity contribution in [3.63, 3.8) is 0 Å². The topological polar surface area (TPSA) is 126 Å². The summed E-state index contributed by atoms with van der Waals surface area (Å²) in [4.78, 5) is 54.7. The van der Waals surface area contributed by atoms with E-state index in [9.17, 15) is 28.0 Å². The van der Waals surface area contributed by atoms with Crippen LogP contribution in [0.15, 0.2) is 65.7 Å². The van der Waals surface area contributed by atoms with Crippen LogP contribution in [-0.2, 0) is 9.47 Å². The van der Waals surface area contributed by atoms with Crippen LogP contribution in [0.2, 0.25) is 0 Å². The molecule has 4 rings (SSSR count). The number of rotatable bonds is 6. The average Bonchev–Trinajstić information content (AvgIpc) is 2.90. The minimum absolute atomic E-state index is 0.00154. The van der Waals surface area contributed by atoms with Crippen LogP contribution >= 0.6 is 0 Å². The van der Waals surface area contributed by atoms with Crippen molar-refractivity contribution in [2.75, 3.05) is 18.5 Å². The van der Waals surface area contributed by atoms with E-state index in [1.54, 1.807) is 19.9 Å². The first-order valence-electron chi connectivity index (χ1n) is 11.7. The summed E-state index contributed by atoms with van der Waals surface area (Å²) >= 11 is 0. The molecule has 0 fully saturated rings. The van der Waals surface area contributed by atoms with Crippen molar-refractivity contribution < 1.29 is 37.4 Å². The number of esters is 1. The van der Waals surface area contributed by atoms with Gasteiger partial charge in [-0.15, -0.1) is 0 Å². The Kier molecular flexibility index (Phi) is 7.94. The molecule has 39 heavy (non-hydrogen) atoms. The van der Waals surface area contributed by atoms with Gasteiger partial charge in [0.25, 0.3) is 0 Å². The van der Waals surface area contributed by atoms with Gasteiger partial charge in [-0.2, -0.15) is 0 Å². The molecule has 0 saturated carbocycles. The maximum absolute atomic E-state index is 14.2. The summed E-state index contributed by atoms with van der Waals surface area (Å²) in [5.74, 6) is -3.30. The largest absolute Gasteiger partial charge is 0.450 e. The van der Waals surface area contributed by atoms with Gasteiger partial charge >= 0.3 is 18.2 Å². The summed E-state index contributed by atoms with van der Waals surface area (Å²) < 4.78 is 44.5. The highest BCUT2D eigenvalue weighted by molar-refractivity contribution is 5.98. The van der Waals surface area contributed by atoms with Crippen LogP contribution in [0.3, 0.4) is 0 Å². The molecule has 2 aromatic carbocycles. The van der Waals surface area contributed by atoms with E-state index in [-0.39, 0.29) is 52.4 Å². The minimum Gasteiger partial charge on any atom is -0.450 e. The Morgan fingerprint density at radius 2 is 1.72 bits per heavy atom. The molecule has 0 saturated heterocycles. The van der Waals surface area contributed by atoms with E-state index in [1.807, 2.05) is 0 Å². The van der Waals surface area contributed by atoms with Gasteiger partial charge in [-0.1, -0.05) is 0 Å². The maximum atomic E-state index is 14.2. The number of hydrogen-bond acceptors (Lipinski definition) is 8. The highest BCUT2D eigenvalue weighted by Crippen LogP contribution is 2.34. The van der Waals surface area contributed by atoms with Crippen molar-refractivity contribution in [1.82, 2.24) is 9.55 Å². The predicted octanol–water partition coefficient (Wildman–Crippen LogP) is 5.13. The molecule has 10 nitrogen and oxygen atoms in total. The first kappa shape index (κ1) is 26.9. The van der Waals surface area contributed by atoms with E-state index >= 15 is 0 Å². The number of hydrogen-bond donors (Lipinski definition) is 1. The summed E-state index contributed by atoms with van der Waals surface area (Å²) in [6.07, 6.45) is 0.926. The molecule has 1 amide bonds. The third-order valence-corrected chi connectivity index (χ3v) is 5.39. The third kappa shape index (κ3) is 5.74. The van der Waals surface area contributed by atoms with Crippen molar-refractivity contribution in [2.45, 2.75) is 13.8 Å². The van der Waals surface area contributed by atoms with Gasteiger partial charge < -0.3 is 14.2 Å². The van der Waals surface area contributed by atoms with Gasteiger partial charge in [0.1, 0.15) is 5.75 Å². The molecule has 200 valence electrons. The lowest BCUT2D eigenvalue weighted by Gasteiger charge is -2.19. The Hall–Kier alpha value is -5.13. The summed E-state index contributed by atoms with van der Waals surface area (Å²) in [5.41, 5.74) is -0.877. The number of amides is 1. The van der Waals surface area contributed by atoms with E-state index in [1.165, 1.54) is 36.7 Å². The fraction of sp³-hybridized carbons (Fsp3) is 0.148. The number of nitrogens with one attached hydrogen (secondary N) is 1. The number of carbonyl (C=O) groups excluding carboxylic acids is 3. The van der Waals surface area contributed by atoms with Crippen molar-refractivity contribution in [2.24, 2.45) is 0 Å². The smallest absolute Gasteiger partial charge is 0.418 e. The van der Waals surface area contributed by atoms with E-state index in [2.05, 4.69) is 10.3 Å². The van der Waals surface area contributed by atoms with Gasteiger partial charge in [-0.25, -0.2) is 27.7 Å². The van der Waals surface area contributed by atoms with Crippen LogP contribution in [0.5, 0.6) is 5.75 Å². The zero-order valence-electron chi connectivity index (χ0n) is 20.7. The number of anilines is 1. The van der Waals surface area contributed by atoms with Crippen LogP contribution in [0, 0.1) is 11.6 Å². The zero-order valence-corrected chi connectivity index (χ0v) is 20.7. The molecule has 0 unspecified atom stereocenters. The number of carbonyl (C=O) groups is 3. The maximum Gasteiger partial charge on any atom is 0.418 e. The molecular weight excluding hydrogens is 516 g/mol. The van der Waals surface area contributed by atoms with Crippen molar-refractivity contribution in [1.29, 1.82) is 0 Å². The Morgan fingerprint density at radius 3 is 2.41 bits per heavy atom. The molecule has 2 aromatic heterocycles. The number of fused-ring (bicyclic) bond motifs is 1. The highest BCUT2D eigenvalue weighted by atomic mass is 19.2. The fourth-order valence-corrected chi connectivity index (χ4v) is 3.74. The van der Waals surface area contributed by atoms with Gasteiger partial charge in [0.15, 0.2) is 17.1 Å². The molecule has 4 aromatic rings. The van der Waals surface area contributed by atoms with Crippen LogP contribution in [0.1, 0.15) is 24.2 Å². The minimum atomic E-state index is -1.29. The number of nitrogens with zero attached hydrogens (tertiary/aromatic N) is 2. The second-order valence-corrected chi connectivity index (χ2v) is 7.90. The van der Waals surface area contributed by atoms with Gasteiger partial charge in [0.05, 0.1) is 35.7 Å². The molecule has 12 heteroatoms. The normalized spacial score (nSPS) is 10.7. The molecule has 2 heterocycles. The van der Waals surface area contributed by atoms with Crippen molar-refractivity contribution in [3.05, 3.63) is 88.3 Å². The molecule has 1 N–H and O–H groups in total. The summed E-state index contributed by atoms with van der Waals surface area (Å²) in [6.45, 7) is 3.10. The number of ether oxygens (including phenoxy) is 3.